The molecule has 2 aromatic carbocycles. The first kappa shape index (κ1) is 18.5. The molecule has 24 heavy (non-hydrogen) atoms. The summed E-state index contributed by atoms with van der Waals surface area (Å²) >= 11 is 0. The molecule has 2 aromatic rings. The number of nitrogens with zero attached hydrogens (tertiary/aromatic N) is 2. The zero-order chi connectivity index (χ0) is 17.4. The number of rotatable bonds is 7. The molecule has 0 aliphatic heterocycles. The van der Waals surface area contributed by atoms with Gasteiger partial charge in [0.05, 0.1) is 12.1 Å². The maximum atomic E-state index is 8.85. The Balaban J connectivity index is 2.04. The SMILES string of the molecule is CC(CC#N)c1cccc(SSc2cccc(C(C)CC#N)c2)c1. The second-order valence-electron chi connectivity index (χ2n) is 5.84. The summed E-state index contributed by atoms with van der Waals surface area (Å²) in [7, 11) is 3.45. The standard InChI is InChI=1S/C20H20N2S2/c1-15(9-11-21)17-5-3-7-19(13-17)23-24-20-8-4-6-18(14-20)16(2)10-12-22/h3-8,13-16H,9-10H2,1-2H3. The molecule has 0 N–H and O–H groups in total. The van der Waals surface area contributed by atoms with E-state index in [1.54, 1.807) is 21.6 Å². The molecule has 0 heterocycles. The molecule has 2 nitrogen and oxygen atoms in total. The number of hydrogen-bond donors (Lipinski definition) is 0. The fourth-order valence-electron chi connectivity index (χ4n) is 2.35. The molecule has 2 unspecified atom stereocenters. The highest BCUT2D eigenvalue weighted by Gasteiger charge is 2.08. The van der Waals surface area contributed by atoms with Gasteiger partial charge >= 0.3 is 0 Å². The van der Waals surface area contributed by atoms with Crippen molar-refractivity contribution in [3.63, 3.8) is 0 Å². The van der Waals surface area contributed by atoms with Crippen molar-refractivity contribution in [1.82, 2.24) is 0 Å². The predicted molar refractivity (Wildman–Crippen MR) is 102 cm³/mol. The number of hydrogen-bond acceptors (Lipinski definition) is 4. The first-order valence-electron chi connectivity index (χ1n) is 7.92. The summed E-state index contributed by atoms with van der Waals surface area (Å²) in [6.07, 6.45) is 1.08. The van der Waals surface area contributed by atoms with E-state index >= 15 is 0 Å². The van der Waals surface area contributed by atoms with E-state index in [4.69, 9.17) is 10.5 Å². The van der Waals surface area contributed by atoms with Crippen molar-refractivity contribution in [2.24, 2.45) is 0 Å². The monoisotopic (exact) mass is 352 g/mol. The van der Waals surface area contributed by atoms with Crippen LogP contribution in [0.3, 0.4) is 0 Å². The molecule has 0 radical (unpaired) electrons. The summed E-state index contributed by atoms with van der Waals surface area (Å²) in [5.74, 6) is 0.520. The average molecular weight is 353 g/mol. The van der Waals surface area contributed by atoms with Gasteiger partial charge in [-0.3, -0.25) is 0 Å². The minimum absolute atomic E-state index is 0.260. The van der Waals surface area contributed by atoms with Gasteiger partial charge in [0.15, 0.2) is 0 Å². The van der Waals surface area contributed by atoms with Crippen LogP contribution in [0, 0.1) is 22.7 Å². The molecule has 0 spiro atoms. The van der Waals surface area contributed by atoms with Gasteiger partial charge in [-0.05, 0) is 47.2 Å². The van der Waals surface area contributed by atoms with Crippen LogP contribution in [-0.2, 0) is 0 Å². The van der Waals surface area contributed by atoms with Crippen molar-refractivity contribution in [2.75, 3.05) is 0 Å². The van der Waals surface area contributed by atoms with Crippen LogP contribution >= 0.6 is 21.6 Å². The summed E-state index contributed by atoms with van der Waals surface area (Å²) in [5.41, 5.74) is 2.41. The largest absolute Gasteiger partial charge is 0.198 e. The van der Waals surface area contributed by atoms with Crippen molar-refractivity contribution >= 4 is 21.6 Å². The van der Waals surface area contributed by atoms with E-state index in [-0.39, 0.29) is 11.8 Å². The van der Waals surface area contributed by atoms with Crippen LogP contribution in [0.1, 0.15) is 49.7 Å². The molecular weight excluding hydrogens is 332 g/mol. The van der Waals surface area contributed by atoms with E-state index in [0.717, 1.165) is 0 Å². The molecule has 0 aliphatic rings. The normalized spacial score (nSPS) is 12.8. The molecule has 0 saturated carbocycles. The highest BCUT2D eigenvalue weighted by atomic mass is 33.1. The van der Waals surface area contributed by atoms with Gasteiger partial charge in [0.1, 0.15) is 0 Å². The van der Waals surface area contributed by atoms with Gasteiger partial charge in [-0.1, -0.05) is 59.7 Å². The topological polar surface area (TPSA) is 47.6 Å². The van der Waals surface area contributed by atoms with E-state index in [1.807, 2.05) is 0 Å². The van der Waals surface area contributed by atoms with Gasteiger partial charge < -0.3 is 0 Å². The molecule has 0 fully saturated rings. The van der Waals surface area contributed by atoms with Gasteiger partial charge in [0.25, 0.3) is 0 Å². The van der Waals surface area contributed by atoms with Crippen LogP contribution < -0.4 is 0 Å². The second kappa shape index (κ2) is 9.42. The van der Waals surface area contributed by atoms with Crippen LogP contribution in [0.2, 0.25) is 0 Å². The summed E-state index contributed by atoms with van der Waals surface area (Å²) < 4.78 is 0. The lowest BCUT2D eigenvalue weighted by atomic mass is 9.99. The van der Waals surface area contributed by atoms with Crippen molar-refractivity contribution in [3.05, 3.63) is 59.7 Å². The Hall–Kier alpha value is -1.88. The number of nitriles is 2. The van der Waals surface area contributed by atoms with E-state index in [0.29, 0.717) is 12.8 Å². The quantitative estimate of drug-likeness (QED) is 0.532. The zero-order valence-corrected chi connectivity index (χ0v) is 15.5. The molecule has 0 saturated heterocycles. The molecule has 122 valence electrons. The first-order chi connectivity index (χ1) is 11.6. The Labute approximate surface area is 152 Å². The van der Waals surface area contributed by atoms with E-state index < -0.39 is 0 Å². The smallest absolute Gasteiger partial charge is 0.0628 e. The third-order valence-corrected chi connectivity index (χ3v) is 6.26. The van der Waals surface area contributed by atoms with Crippen molar-refractivity contribution in [3.8, 4) is 12.1 Å². The predicted octanol–water partition coefficient (Wildman–Crippen LogP) is 6.52. The van der Waals surface area contributed by atoms with Crippen molar-refractivity contribution in [2.45, 2.75) is 48.3 Å². The van der Waals surface area contributed by atoms with E-state index in [2.05, 4.69) is 74.5 Å². The first-order valence-corrected chi connectivity index (χ1v) is 10.1. The lowest BCUT2D eigenvalue weighted by Crippen LogP contribution is -1.92. The van der Waals surface area contributed by atoms with Gasteiger partial charge in [0, 0.05) is 22.6 Å². The molecule has 4 heteroatoms. The average Bonchev–Trinajstić information content (AvgIpc) is 2.61. The maximum Gasteiger partial charge on any atom is 0.0628 e. The van der Waals surface area contributed by atoms with Gasteiger partial charge in [0.2, 0.25) is 0 Å². The van der Waals surface area contributed by atoms with Crippen LogP contribution in [0.15, 0.2) is 58.3 Å². The third-order valence-electron chi connectivity index (χ3n) is 3.88. The molecule has 0 amide bonds. The zero-order valence-electron chi connectivity index (χ0n) is 13.9. The van der Waals surface area contributed by atoms with Gasteiger partial charge in [-0.2, -0.15) is 10.5 Å². The van der Waals surface area contributed by atoms with Crippen molar-refractivity contribution in [1.29, 1.82) is 10.5 Å². The Morgan fingerprint density at radius 3 is 1.58 bits per heavy atom. The molecule has 0 aromatic heterocycles. The molecule has 2 atom stereocenters. The fraction of sp³-hybridized carbons (Fsp3) is 0.300. The Morgan fingerprint density at radius 1 is 0.792 bits per heavy atom. The molecule has 2 rings (SSSR count). The highest BCUT2D eigenvalue weighted by Crippen LogP contribution is 2.39. The summed E-state index contributed by atoms with van der Waals surface area (Å²) in [5, 5.41) is 17.7. The van der Waals surface area contributed by atoms with Gasteiger partial charge in [-0.15, -0.1) is 0 Å². The van der Waals surface area contributed by atoms with Crippen LogP contribution in [0.5, 0.6) is 0 Å². The lowest BCUT2D eigenvalue weighted by molar-refractivity contribution is 0.786. The van der Waals surface area contributed by atoms with Crippen LogP contribution in [0.4, 0.5) is 0 Å². The Bertz CT molecular complexity index is 693. The fourth-order valence-corrected chi connectivity index (χ4v) is 4.38. The van der Waals surface area contributed by atoms with Crippen LogP contribution in [0.25, 0.3) is 0 Å². The Morgan fingerprint density at radius 2 is 1.21 bits per heavy atom. The molecular formula is C20H20N2S2. The summed E-state index contributed by atoms with van der Waals surface area (Å²) in [4.78, 5) is 2.38. The highest BCUT2D eigenvalue weighted by molar-refractivity contribution is 8.76. The number of benzene rings is 2. The summed E-state index contributed by atoms with van der Waals surface area (Å²) in [6, 6.07) is 21.3. The Kier molecular flexibility index (Phi) is 7.25. The minimum atomic E-state index is 0.260. The molecule has 0 aliphatic carbocycles. The van der Waals surface area contributed by atoms with Gasteiger partial charge in [-0.25, -0.2) is 0 Å². The second-order valence-corrected chi connectivity index (χ2v) is 8.11. The third kappa shape index (κ3) is 5.34. The van der Waals surface area contributed by atoms with E-state index in [9.17, 15) is 0 Å². The summed E-state index contributed by atoms with van der Waals surface area (Å²) in [6.45, 7) is 4.17. The minimum Gasteiger partial charge on any atom is -0.198 e. The lowest BCUT2D eigenvalue weighted by Gasteiger charge is -2.11. The molecule has 0 bridgehead atoms. The van der Waals surface area contributed by atoms with E-state index in [1.165, 1.54) is 20.9 Å². The van der Waals surface area contributed by atoms with Crippen molar-refractivity contribution < 1.29 is 0 Å². The van der Waals surface area contributed by atoms with Crippen LogP contribution in [-0.4, -0.2) is 0 Å². The maximum absolute atomic E-state index is 8.85.